The van der Waals surface area contributed by atoms with Crippen LogP contribution in [0.3, 0.4) is 0 Å². The van der Waals surface area contributed by atoms with Crippen LogP contribution in [0.2, 0.25) is 0 Å². The van der Waals surface area contributed by atoms with E-state index in [1.807, 2.05) is 39.0 Å². The molecule has 3 atom stereocenters. The standard InChI is InChI=1S/C23H26N4O2/c1-15-8-7-11-21(25-15)27-22(28)19-12-23(19,18-9-5-4-6-10-18)14-29-20-13-24-17(3)26-16(20)2/h4-9,11,13,18-19H,10,12,14H2,1-3H3,(H,25,27,28)/t18?,19-,23+/m0/s1. The van der Waals surface area contributed by atoms with E-state index in [4.69, 9.17) is 4.74 Å². The minimum Gasteiger partial charge on any atom is -0.489 e. The lowest BCUT2D eigenvalue weighted by molar-refractivity contribution is -0.118. The average molecular weight is 390 g/mol. The van der Waals surface area contributed by atoms with Crippen LogP contribution in [-0.2, 0) is 4.79 Å². The molecule has 0 bridgehead atoms. The van der Waals surface area contributed by atoms with Gasteiger partial charge in [-0.15, -0.1) is 0 Å². The van der Waals surface area contributed by atoms with Crippen molar-refractivity contribution in [1.29, 1.82) is 0 Å². The molecule has 1 saturated carbocycles. The summed E-state index contributed by atoms with van der Waals surface area (Å²) in [5, 5.41) is 2.98. The highest BCUT2D eigenvalue weighted by Crippen LogP contribution is 2.60. The van der Waals surface area contributed by atoms with Crippen molar-refractivity contribution in [3.8, 4) is 5.75 Å². The highest BCUT2D eigenvalue weighted by atomic mass is 16.5. The summed E-state index contributed by atoms with van der Waals surface area (Å²) in [6.07, 6.45) is 11.9. The summed E-state index contributed by atoms with van der Waals surface area (Å²) in [5.41, 5.74) is 1.47. The summed E-state index contributed by atoms with van der Waals surface area (Å²) in [5.74, 6) is 2.15. The Hall–Kier alpha value is -3.02. The molecule has 1 fully saturated rings. The quantitative estimate of drug-likeness (QED) is 0.808. The average Bonchev–Trinajstić information content (AvgIpc) is 3.44. The zero-order valence-corrected chi connectivity index (χ0v) is 17.1. The molecule has 29 heavy (non-hydrogen) atoms. The molecular formula is C23H26N4O2. The van der Waals surface area contributed by atoms with E-state index in [0.717, 1.165) is 30.1 Å². The zero-order valence-electron chi connectivity index (χ0n) is 17.1. The van der Waals surface area contributed by atoms with Gasteiger partial charge in [-0.2, -0.15) is 0 Å². The molecule has 2 aromatic heterocycles. The minimum absolute atomic E-state index is 0.00605. The van der Waals surface area contributed by atoms with Gasteiger partial charge in [-0.05, 0) is 51.7 Å². The Bertz CT molecular complexity index is 985. The van der Waals surface area contributed by atoms with Crippen molar-refractivity contribution in [1.82, 2.24) is 15.0 Å². The van der Waals surface area contributed by atoms with E-state index >= 15 is 0 Å². The number of amides is 1. The maximum absolute atomic E-state index is 13.0. The van der Waals surface area contributed by atoms with E-state index in [2.05, 4.69) is 44.6 Å². The summed E-state index contributed by atoms with van der Waals surface area (Å²) in [6.45, 7) is 6.15. The fourth-order valence-corrected chi connectivity index (χ4v) is 4.11. The molecule has 0 saturated heterocycles. The number of nitrogens with one attached hydrogen (secondary N) is 1. The second-order valence-electron chi connectivity index (χ2n) is 7.95. The summed E-state index contributed by atoms with van der Waals surface area (Å²) in [7, 11) is 0. The topological polar surface area (TPSA) is 77.0 Å². The maximum Gasteiger partial charge on any atom is 0.229 e. The number of nitrogens with zero attached hydrogens (tertiary/aromatic N) is 3. The van der Waals surface area contributed by atoms with Gasteiger partial charge >= 0.3 is 0 Å². The predicted molar refractivity (Wildman–Crippen MR) is 112 cm³/mol. The van der Waals surface area contributed by atoms with Crippen LogP contribution < -0.4 is 10.1 Å². The van der Waals surface area contributed by atoms with Gasteiger partial charge in [-0.25, -0.2) is 15.0 Å². The lowest BCUT2D eigenvalue weighted by Gasteiger charge is -2.26. The number of hydrogen-bond acceptors (Lipinski definition) is 5. The summed E-state index contributed by atoms with van der Waals surface area (Å²) >= 11 is 0. The number of ether oxygens (including phenoxy) is 1. The number of pyridine rings is 1. The van der Waals surface area contributed by atoms with Crippen molar-refractivity contribution in [2.45, 2.75) is 33.6 Å². The van der Waals surface area contributed by atoms with Crippen LogP contribution in [0.1, 0.15) is 30.1 Å². The smallest absolute Gasteiger partial charge is 0.229 e. The van der Waals surface area contributed by atoms with Gasteiger partial charge < -0.3 is 10.1 Å². The molecule has 0 spiro atoms. The predicted octanol–water partition coefficient (Wildman–Crippen LogP) is 3.95. The molecule has 2 aliphatic carbocycles. The number of carbonyl (C=O) groups excluding carboxylic acids is 1. The molecular weight excluding hydrogens is 364 g/mol. The highest BCUT2D eigenvalue weighted by molar-refractivity contribution is 5.94. The zero-order chi connectivity index (χ0) is 20.4. The van der Waals surface area contributed by atoms with Gasteiger partial charge in [0.25, 0.3) is 0 Å². The first kappa shape index (κ1) is 19.3. The van der Waals surface area contributed by atoms with Gasteiger partial charge in [0.15, 0.2) is 5.75 Å². The van der Waals surface area contributed by atoms with Gasteiger partial charge in [0.05, 0.1) is 18.5 Å². The van der Waals surface area contributed by atoms with Crippen molar-refractivity contribution in [3.05, 3.63) is 65.9 Å². The van der Waals surface area contributed by atoms with E-state index in [1.54, 1.807) is 6.20 Å². The number of aromatic nitrogens is 3. The van der Waals surface area contributed by atoms with E-state index in [0.29, 0.717) is 18.2 Å². The Morgan fingerprint density at radius 2 is 2.10 bits per heavy atom. The Morgan fingerprint density at radius 3 is 2.83 bits per heavy atom. The molecule has 2 aromatic rings. The molecule has 2 heterocycles. The number of anilines is 1. The molecule has 6 heteroatoms. The summed E-state index contributed by atoms with van der Waals surface area (Å²) in [4.78, 5) is 26.0. The van der Waals surface area contributed by atoms with E-state index in [1.165, 1.54) is 0 Å². The van der Waals surface area contributed by atoms with Crippen LogP contribution in [0, 0.1) is 38.0 Å². The van der Waals surface area contributed by atoms with E-state index in [9.17, 15) is 4.79 Å². The molecule has 2 aliphatic rings. The van der Waals surface area contributed by atoms with Crippen molar-refractivity contribution >= 4 is 11.7 Å². The van der Waals surface area contributed by atoms with Gasteiger partial charge in [-0.1, -0.05) is 30.4 Å². The monoisotopic (exact) mass is 390 g/mol. The van der Waals surface area contributed by atoms with Crippen molar-refractivity contribution in [3.63, 3.8) is 0 Å². The lowest BCUT2D eigenvalue weighted by Crippen LogP contribution is -2.29. The summed E-state index contributed by atoms with van der Waals surface area (Å²) < 4.78 is 6.14. The van der Waals surface area contributed by atoms with Crippen LogP contribution >= 0.6 is 0 Å². The molecule has 4 rings (SSSR count). The minimum atomic E-state index is -0.230. The third-order valence-corrected chi connectivity index (χ3v) is 5.84. The first-order valence-corrected chi connectivity index (χ1v) is 9.99. The summed E-state index contributed by atoms with van der Waals surface area (Å²) in [6, 6.07) is 5.63. The Kier molecular flexibility index (Phi) is 5.18. The fraction of sp³-hybridized carbons (Fsp3) is 0.391. The second-order valence-corrected chi connectivity index (χ2v) is 7.95. The molecule has 0 radical (unpaired) electrons. The largest absolute Gasteiger partial charge is 0.489 e. The van der Waals surface area contributed by atoms with Crippen molar-refractivity contribution in [2.75, 3.05) is 11.9 Å². The molecule has 150 valence electrons. The lowest BCUT2D eigenvalue weighted by atomic mass is 9.82. The molecule has 1 unspecified atom stereocenters. The third-order valence-electron chi connectivity index (χ3n) is 5.84. The first-order chi connectivity index (χ1) is 14.0. The van der Waals surface area contributed by atoms with Crippen LogP contribution in [-0.4, -0.2) is 27.5 Å². The molecule has 1 N–H and O–H groups in total. The first-order valence-electron chi connectivity index (χ1n) is 9.99. The number of aryl methyl sites for hydroxylation is 3. The maximum atomic E-state index is 13.0. The Morgan fingerprint density at radius 1 is 1.24 bits per heavy atom. The molecule has 0 aliphatic heterocycles. The second kappa shape index (κ2) is 7.78. The fourth-order valence-electron chi connectivity index (χ4n) is 4.11. The van der Waals surface area contributed by atoms with Crippen LogP contribution in [0.25, 0.3) is 0 Å². The SMILES string of the molecule is Cc1cccc(NC(=O)[C@@H]2C[C@@]2(COc2cnc(C)nc2C)C2C=CC=CC2)n1. The van der Waals surface area contributed by atoms with Gasteiger partial charge in [0.2, 0.25) is 5.91 Å². The normalized spacial score (nSPS) is 24.9. The van der Waals surface area contributed by atoms with Crippen LogP contribution in [0.15, 0.2) is 48.7 Å². The molecule has 0 aromatic carbocycles. The molecule has 1 amide bonds. The van der Waals surface area contributed by atoms with Gasteiger partial charge in [-0.3, -0.25) is 4.79 Å². The number of allylic oxidation sites excluding steroid dienone is 4. The van der Waals surface area contributed by atoms with E-state index in [-0.39, 0.29) is 23.2 Å². The van der Waals surface area contributed by atoms with Crippen LogP contribution in [0.5, 0.6) is 5.75 Å². The van der Waals surface area contributed by atoms with Gasteiger partial charge in [0, 0.05) is 17.0 Å². The molecule has 6 nitrogen and oxygen atoms in total. The Balaban J connectivity index is 1.51. The van der Waals surface area contributed by atoms with Crippen molar-refractivity contribution < 1.29 is 9.53 Å². The highest BCUT2D eigenvalue weighted by Gasteiger charge is 2.62. The number of hydrogen-bond donors (Lipinski definition) is 1. The Labute approximate surface area is 171 Å². The van der Waals surface area contributed by atoms with E-state index < -0.39 is 0 Å². The van der Waals surface area contributed by atoms with Gasteiger partial charge in [0.1, 0.15) is 11.6 Å². The third kappa shape index (κ3) is 4.06. The van der Waals surface area contributed by atoms with Crippen molar-refractivity contribution in [2.24, 2.45) is 17.3 Å². The number of carbonyl (C=O) groups is 1. The van der Waals surface area contributed by atoms with Crippen LogP contribution in [0.4, 0.5) is 5.82 Å². The number of rotatable bonds is 6.